The lowest BCUT2D eigenvalue weighted by Crippen LogP contribution is -2.05. The van der Waals surface area contributed by atoms with E-state index in [0.717, 1.165) is 16.8 Å². The van der Waals surface area contributed by atoms with Crippen LogP contribution >= 0.6 is 0 Å². The minimum absolute atomic E-state index is 0.121. The van der Waals surface area contributed by atoms with Gasteiger partial charge in [0.25, 0.3) is 0 Å². The molecule has 25 heavy (non-hydrogen) atoms. The van der Waals surface area contributed by atoms with Gasteiger partial charge in [-0.15, -0.1) is 0 Å². The van der Waals surface area contributed by atoms with Gasteiger partial charge < -0.3 is 10.1 Å². The van der Waals surface area contributed by atoms with Crippen LogP contribution in [0.3, 0.4) is 0 Å². The van der Waals surface area contributed by atoms with E-state index in [1.165, 1.54) is 6.92 Å². The van der Waals surface area contributed by atoms with Crippen LogP contribution in [0, 0.1) is 18.3 Å². The number of hydrogen-bond acceptors (Lipinski definition) is 6. The maximum Gasteiger partial charge on any atom is 0.221 e. The minimum atomic E-state index is -0.121. The molecule has 0 radical (unpaired) electrons. The number of hydrogen-bond donors (Lipinski definition) is 2. The van der Waals surface area contributed by atoms with E-state index in [9.17, 15) is 10.1 Å². The minimum Gasteiger partial charge on any atom is -0.380 e. The standard InChI is InChI=1S/C18H19N5O2/c1-12-8-15(11-25-3)17(9-19)18(21-12)23-20-10-14-4-6-16(7-5-14)22-13(2)24/h4-8,10H,11H2,1-3H3,(H,21,23)(H,22,24). The number of carbonyl (C=O) groups is 1. The highest BCUT2D eigenvalue weighted by molar-refractivity contribution is 5.89. The summed E-state index contributed by atoms with van der Waals surface area (Å²) >= 11 is 0. The Hall–Kier alpha value is -3.24. The quantitative estimate of drug-likeness (QED) is 0.624. The zero-order valence-corrected chi connectivity index (χ0v) is 14.3. The summed E-state index contributed by atoms with van der Waals surface area (Å²) < 4.78 is 5.12. The van der Waals surface area contributed by atoms with Crippen LogP contribution < -0.4 is 10.7 Å². The number of ether oxygens (including phenoxy) is 1. The van der Waals surface area contributed by atoms with Gasteiger partial charge in [0.05, 0.1) is 12.8 Å². The Morgan fingerprint density at radius 3 is 2.72 bits per heavy atom. The number of benzene rings is 1. The number of aromatic nitrogens is 1. The monoisotopic (exact) mass is 337 g/mol. The third-order valence-electron chi connectivity index (χ3n) is 3.26. The van der Waals surface area contributed by atoms with Gasteiger partial charge in [-0.2, -0.15) is 10.4 Å². The fraction of sp³-hybridized carbons (Fsp3) is 0.222. The summed E-state index contributed by atoms with van der Waals surface area (Å²) in [6, 6.07) is 11.2. The van der Waals surface area contributed by atoms with Gasteiger partial charge in [0, 0.05) is 31.0 Å². The molecule has 0 aliphatic heterocycles. The van der Waals surface area contributed by atoms with E-state index in [2.05, 4.69) is 26.9 Å². The fourth-order valence-electron chi connectivity index (χ4n) is 2.24. The summed E-state index contributed by atoms with van der Waals surface area (Å²) in [5.41, 5.74) is 6.30. The molecule has 0 bridgehead atoms. The molecule has 7 heteroatoms. The van der Waals surface area contributed by atoms with E-state index >= 15 is 0 Å². The Balaban J connectivity index is 2.14. The summed E-state index contributed by atoms with van der Waals surface area (Å²) in [6.07, 6.45) is 1.61. The molecule has 0 saturated carbocycles. The Bertz CT molecular complexity index is 823. The van der Waals surface area contributed by atoms with Crippen molar-refractivity contribution in [2.24, 2.45) is 5.10 Å². The SMILES string of the molecule is COCc1cc(C)nc(NN=Cc2ccc(NC(C)=O)cc2)c1C#N. The number of carbonyl (C=O) groups excluding carboxylic acids is 1. The van der Waals surface area contributed by atoms with E-state index in [-0.39, 0.29) is 5.91 Å². The number of pyridine rings is 1. The van der Waals surface area contributed by atoms with Crippen LogP contribution in [0.2, 0.25) is 0 Å². The summed E-state index contributed by atoms with van der Waals surface area (Å²) in [5.74, 6) is 0.269. The molecule has 0 fully saturated rings. The lowest BCUT2D eigenvalue weighted by molar-refractivity contribution is -0.114. The summed E-state index contributed by atoms with van der Waals surface area (Å²) in [7, 11) is 1.58. The lowest BCUT2D eigenvalue weighted by atomic mass is 10.1. The van der Waals surface area contributed by atoms with E-state index in [0.29, 0.717) is 23.7 Å². The van der Waals surface area contributed by atoms with Crippen LogP contribution in [-0.2, 0) is 16.1 Å². The molecule has 0 saturated heterocycles. The van der Waals surface area contributed by atoms with Crippen molar-refractivity contribution in [1.82, 2.24) is 4.98 Å². The second-order valence-corrected chi connectivity index (χ2v) is 5.36. The molecule has 2 N–H and O–H groups in total. The molecule has 1 aromatic carbocycles. The van der Waals surface area contributed by atoms with Crippen molar-refractivity contribution in [1.29, 1.82) is 5.26 Å². The maximum atomic E-state index is 11.0. The van der Waals surface area contributed by atoms with Crippen LogP contribution in [-0.4, -0.2) is 24.2 Å². The van der Waals surface area contributed by atoms with Gasteiger partial charge in [-0.25, -0.2) is 4.98 Å². The first-order valence-electron chi connectivity index (χ1n) is 7.59. The van der Waals surface area contributed by atoms with Crippen molar-refractivity contribution < 1.29 is 9.53 Å². The van der Waals surface area contributed by atoms with E-state index in [4.69, 9.17) is 4.74 Å². The van der Waals surface area contributed by atoms with Crippen LogP contribution in [0.25, 0.3) is 0 Å². The molecule has 1 amide bonds. The topological polar surface area (TPSA) is 99.4 Å². The van der Waals surface area contributed by atoms with Crippen molar-refractivity contribution in [3.05, 3.63) is 52.7 Å². The highest BCUT2D eigenvalue weighted by Gasteiger charge is 2.10. The zero-order valence-electron chi connectivity index (χ0n) is 14.3. The van der Waals surface area contributed by atoms with Crippen LogP contribution in [0.1, 0.15) is 29.3 Å². The van der Waals surface area contributed by atoms with Crippen LogP contribution in [0.4, 0.5) is 11.5 Å². The van der Waals surface area contributed by atoms with Crippen molar-refractivity contribution in [3.8, 4) is 6.07 Å². The van der Waals surface area contributed by atoms with Crippen molar-refractivity contribution >= 4 is 23.6 Å². The number of methoxy groups -OCH3 is 1. The highest BCUT2D eigenvalue weighted by Crippen LogP contribution is 2.19. The predicted octanol–water partition coefficient (Wildman–Crippen LogP) is 2.81. The summed E-state index contributed by atoms with van der Waals surface area (Å²) in [4.78, 5) is 15.3. The van der Waals surface area contributed by atoms with Crippen molar-refractivity contribution in [2.75, 3.05) is 17.9 Å². The normalized spacial score (nSPS) is 10.5. The zero-order chi connectivity index (χ0) is 18.2. The first-order valence-corrected chi connectivity index (χ1v) is 7.59. The van der Waals surface area contributed by atoms with Gasteiger partial charge in [-0.1, -0.05) is 12.1 Å². The molecule has 1 heterocycles. The molecule has 2 rings (SSSR count). The molecule has 0 aliphatic rings. The van der Waals surface area contributed by atoms with E-state index < -0.39 is 0 Å². The molecule has 0 aliphatic carbocycles. The largest absolute Gasteiger partial charge is 0.380 e. The molecule has 2 aromatic rings. The Morgan fingerprint density at radius 2 is 2.12 bits per heavy atom. The average Bonchev–Trinajstić information content (AvgIpc) is 2.56. The van der Waals surface area contributed by atoms with E-state index in [1.54, 1.807) is 25.5 Å². The average molecular weight is 337 g/mol. The molecule has 128 valence electrons. The molecule has 7 nitrogen and oxygen atoms in total. The highest BCUT2D eigenvalue weighted by atomic mass is 16.5. The Kier molecular flexibility index (Phi) is 6.20. The third-order valence-corrected chi connectivity index (χ3v) is 3.26. The first kappa shape index (κ1) is 18.1. The summed E-state index contributed by atoms with van der Waals surface area (Å²) in [6.45, 7) is 3.63. The number of nitrogens with one attached hydrogen (secondary N) is 2. The maximum absolute atomic E-state index is 11.0. The van der Waals surface area contributed by atoms with Gasteiger partial charge in [0.1, 0.15) is 11.6 Å². The number of hydrazone groups is 1. The molecule has 0 unspecified atom stereocenters. The number of amides is 1. The van der Waals surface area contributed by atoms with E-state index in [1.807, 2.05) is 25.1 Å². The van der Waals surface area contributed by atoms with Crippen LogP contribution in [0.5, 0.6) is 0 Å². The molecular weight excluding hydrogens is 318 g/mol. The lowest BCUT2D eigenvalue weighted by Gasteiger charge is -2.09. The fourth-order valence-corrected chi connectivity index (χ4v) is 2.24. The van der Waals surface area contributed by atoms with Crippen molar-refractivity contribution in [2.45, 2.75) is 20.5 Å². The molecule has 0 atom stereocenters. The third kappa shape index (κ3) is 5.12. The summed E-state index contributed by atoms with van der Waals surface area (Å²) in [5, 5.41) is 16.2. The van der Waals surface area contributed by atoms with Gasteiger partial charge in [0.2, 0.25) is 5.91 Å². The second kappa shape index (κ2) is 8.57. The first-order chi connectivity index (χ1) is 12.0. The molecule has 0 spiro atoms. The molecular formula is C18H19N5O2. The predicted molar refractivity (Wildman–Crippen MR) is 96.4 cm³/mol. The number of nitriles is 1. The second-order valence-electron chi connectivity index (χ2n) is 5.36. The van der Waals surface area contributed by atoms with Gasteiger partial charge >= 0.3 is 0 Å². The van der Waals surface area contributed by atoms with Gasteiger partial charge in [-0.3, -0.25) is 10.2 Å². The van der Waals surface area contributed by atoms with Gasteiger partial charge in [-0.05, 0) is 30.7 Å². The Morgan fingerprint density at radius 1 is 1.40 bits per heavy atom. The molecule has 1 aromatic heterocycles. The van der Waals surface area contributed by atoms with Gasteiger partial charge in [0.15, 0.2) is 5.82 Å². The number of aryl methyl sites for hydroxylation is 1. The smallest absolute Gasteiger partial charge is 0.221 e. The number of rotatable bonds is 6. The Labute approximate surface area is 146 Å². The number of anilines is 2. The van der Waals surface area contributed by atoms with Crippen LogP contribution in [0.15, 0.2) is 35.4 Å². The number of nitrogens with zero attached hydrogens (tertiary/aromatic N) is 3. The van der Waals surface area contributed by atoms with Crippen molar-refractivity contribution in [3.63, 3.8) is 0 Å².